The summed E-state index contributed by atoms with van der Waals surface area (Å²) >= 11 is 0. The van der Waals surface area contributed by atoms with Gasteiger partial charge in [-0.1, -0.05) is 54.0 Å². The summed E-state index contributed by atoms with van der Waals surface area (Å²) in [6.45, 7) is 16.6. The van der Waals surface area contributed by atoms with Crippen LogP contribution in [0, 0.1) is 50.2 Å². The highest BCUT2D eigenvalue weighted by molar-refractivity contribution is 5.95. The Balaban J connectivity index is 1.59. The molecule has 208 valence electrons. The van der Waals surface area contributed by atoms with Crippen molar-refractivity contribution in [2.75, 3.05) is 14.2 Å². The highest BCUT2D eigenvalue weighted by Gasteiger charge is 2.70. The summed E-state index contributed by atoms with van der Waals surface area (Å²) in [4.78, 5) is 33.1. The van der Waals surface area contributed by atoms with Crippen LogP contribution in [0.2, 0.25) is 0 Å². The molecule has 5 nitrogen and oxygen atoms in total. The van der Waals surface area contributed by atoms with E-state index >= 15 is 0 Å². The molecule has 4 fully saturated rings. The topological polar surface area (TPSA) is 72.6 Å². The average Bonchev–Trinajstić information content (AvgIpc) is 2.83. The summed E-state index contributed by atoms with van der Waals surface area (Å²) < 4.78 is 0. The largest absolute Gasteiger partial charge is 0.327 e. The Hall–Kier alpha value is -1.20. The van der Waals surface area contributed by atoms with Crippen molar-refractivity contribution >= 4 is 11.7 Å². The molecule has 0 saturated heterocycles. The minimum atomic E-state index is -0.470. The van der Waals surface area contributed by atoms with Crippen molar-refractivity contribution in [3.8, 4) is 0 Å². The lowest BCUT2D eigenvalue weighted by Gasteiger charge is -2.70. The third kappa shape index (κ3) is 3.41. The maximum Gasteiger partial charge on any atom is 0.251 e. The highest BCUT2D eigenvalue weighted by atomic mass is 16.7. The van der Waals surface area contributed by atoms with E-state index in [4.69, 9.17) is 10.6 Å². The summed E-state index contributed by atoms with van der Waals surface area (Å²) in [6, 6.07) is 0.202. The zero-order valence-corrected chi connectivity index (χ0v) is 25.0. The lowest BCUT2D eigenvalue weighted by atomic mass is 9.33. The number of carbonyl (C=O) groups excluding carboxylic acids is 2. The number of ketones is 1. The third-order valence-corrected chi connectivity index (χ3v) is 13.8. The van der Waals surface area contributed by atoms with Crippen molar-refractivity contribution in [1.82, 2.24) is 5.06 Å². The van der Waals surface area contributed by atoms with E-state index in [1.165, 1.54) is 17.1 Å². The van der Waals surface area contributed by atoms with Gasteiger partial charge in [-0.3, -0.25) is 14.4 Å². The number of rotatable bonds is 2. The summed E-state index contributed by atoms with van der Waals surface area (Å²) in [5.41, 5.74) is 7.64. The first kappa shape index (κ1) is 27.4. The number of amides is 1. The van der Waals surface area contributed by atoms with Crippen molar-refractivity contribution in [3.63, 3.8) is 0 Å². The molecule has 37 heavy (non-hydrogen) atoms. The van der Waals surface area contributed by atoms with Gasteiger partial charge in [-0.25, -0.2) is 5.06 Å². The Morgan fingerprint density at radius 3 is 2.27 bits per heavy atom. The molecule has 0 aromatic heterocycles. The van der Waals surface area contributed by atoms with E-state index in [2.05, 4.69) is 54.5 Å². The molecule has 4 saturated carbocycles. The number of hydrogen-bond donors (Lipinski definition) is 1. The van der Waals surface area contributed by atoms with Crippen LogP contribution in [0.15, 0.2) is 11.6 Å². The maximum absolute atomic E-state index is 14.4. The molecule has 0 heterocycles. The molecular formula is C32H52N2O3. The molecule has 0 spiro atoms. The fourth-order valence-corrected chi connectivity index (χ4v) is 10.9. The van der Waals surface area contributed by atoms with Gasteiger partial charge in [-0.2, -0.15) is 0 Å². The molecule has 5 rings (SSSR count). The normalized spacial score (nSPS) is 50.6. The van der Waals surface area contributed by atoms with Crippen molar-refractivity contribution in [3.05, 3.63) is 11.6 Å². The van der Waals surface area contributed by atoms with Crippen LogP contribution >= 0.6 is 0 Å². The number of allylic oxidation sites excluding steroid dienone is 2. The van der Waals surface area contributed by atoms with Crippen LogP contribution in [0.1, 0.15) is 106 Å². The van der Waals surface area contributed by atoms with Gasteiger partial charge in [0, 0.05) is 24.4 Å². The fraction of sp³-hybridized carbons (Fsp3) is 0.875. The number of nitrogens with zero attached hydrogens (tertiary/aromatic N) is 1. The van der Waals surface area contributed by atoms with Crippen LogP contribution in [0.25, 0.3) is 0 Å². The number of nitrogens with two attached hydrogens (primary N) is 1. The Bertz CT molecular complexity index is 1040. The number of hydroxylamine groups is 2. The first-order valence-electron chi connectivity index (χ1n) is 14.8. The zero-order valence-electron chi connectivity index (χ0n) is 25.0. The smallest absolute Gasteiger partial charge is 0.251 e. The molecule has 5 aliphatic rings. The van der Waals surface area contributed by atoms with E-state index in [1.807, 2.05) is 0 Å². The molecule has 2 N–H and O–H groups in total. The monoisotopic (exact) mass is 512 g/mol. The summed E-state index contributed by atoms with van der Waals surface area (Å²) in [7, 11) is 3.28. The van der Waals surface area contributed by atoms with Crippen LogP contribution < -0.4 is 5.73 Å². The Kier molecular flexibility index (Phi) is 6.04. The lowest BCUT2D eigenvalue weighted by molar-refractivity contribution is -0.192. The number of fused-ring (bicyclic) bond motifs is 7. The van der Waals surface area contributed by atoms with E-state index in [0.717, 1.165) is 51.4 Å². The molecule has 1 amide bonds. The van der Waals surface area contributed by atoms with Gasteiger partial charge in [0.25, 0.3) is 5.91 Å². The second kappa shape index (κ2) is 8.16. The average molecular weight is 513 g/mol. The molecule has 9 atom stereocenters. The molecule has 5 aliphatic carbocycles. The Labute approximate surface area is 225 Å². The quantitative estimate of drug-likeness (QED) is 0.440. The second-order valence-electron chi connectivity index (χ2n) is 15.7. The van der Waals surface area contributed by atoms with Crippen LogP contribution in [-0.4, -0.2) is 37.0 Å². The zero-order chi connectivity index (χ0) is 27.4. The number of carbonyl (C=O) groups is 2. The Morgan fingerprint density at radius 2 is 1.62 bits per heavy atom. The molecule has 5 heteroatoms. The third-order valence-electron chi connectivity index (χ3n) is 13.8. The van der Waals surface area contributed by atoms with Crippen LogP contribution in [0.3, 0.4) is 0 Å². The van der Waals surface area contributed by atoms with Crippen LogP contribution in [0.5, 0.6) is 0 Å². The number of hydrogen-bond acceptors (Lipinski definition) is 4. The van der Waals surface area contributed by atoms with Gasteiger partial charge in [-0.05, 0) is 103 Å². The molecule has 1 unspecified atom stereocenters. The summed E-state index contributed by atoms with van der Waals surface area (Å²) in [5, 5.41) is 1.40. The predicted molar refractivity (Wildman–Crippen MR) is 147 cm³/mol. The van der Waals surface area contributed by atoms with E-state index < -0.39 is 5.41 Å². The second-order valence-corrected chi connectivity index (χ2v) is 15.7. The van der Waals surface area contributed by atoms with Crippen LogP contribution in [0.4, 0.5) is 0 Å². The van der Waals surface area contributed by atoms with Crippen molar-refractivity contribution < 1.29 is 14.4 Å². The van der Waals surface area contributed by atoms with E-state index in [1.54, 1.807) is 14.2 Å². The minimum absolute atomic E-state index is 0.0204. The van der Waals surface area contributed by atoms with Gasteiger partial charge >= 0.3 is 0 Å². The maximum atomic E-state index is 14.4. The molecular weight excluding hydrogens is 460 g/mol. The van der Waals surface area contributed by atoms with Gasteiger partial charge in [0.05, 0.1) is 7.11 Å². The minimum Gasteiger partial charge on any atom is -0.327 e. The van der Waals surface area contributed by atoms with Crippen molar-refractivity contribution in [2.24, 2.45) is 56.0 Å². The fourth-order valence-electron chi connectivity index (χ4n) is 10.9. The van der Waals surface area contributed by atoms with Crippen molar-refractivity contribution in [2.45, 2.75) is 112 Å². The summed E-state index contributed by atoms with van der Waals surface area (Å²) in [6.07, 6.45) is 11.4. The van der Waals surface area contributed by atoms with Crippen LogP contribution in [-0.2, 0) is 14.4 Å². The first-order valence-corrected chi connectivity index (χ1v) is 14.8. The van der Waals surface area contributed by atoms with E-state index in [9.17, 15) is 9.59 Å². The SMILES string of the molecule is CON(C)C(=O)[C@@]1(C)CC[C@]2(C)CC[C@]3(C)C(=CC(=O)[C@@H]4[C@@]5(C)CC[C@H](N)C(C)(C)C5CC[C@]43C)[C@H]2C1. The van der Waals surface area contributed by atoms with E-state index in [-0.39, 0.29) is 50.9 Å². The lowest BCUT2D eigenvalue weighted by Crippen LogP contribution is -2.67. The molecule has 0 radical (unpaired) electrons. The predicted octanol–water partition coefficient (Wildman–Crippen LogP) is 6.31. The standard InChI is InChI=1S/C32H52N2O3/c1-27(2)23-10-13-32(7)25(30(23,5)12-11-24(27)33)22(35)18-20-21-19-29(4,26(36)34(8)37-9)15-14-28(21,3)16-17-31(20,32)6/h18,21,23-25H,10-17,19,33H2,1-9H3/t21-,23?,24+,25-,28-,29+,30+,31-,32-/m1/s1. The molecule has 0 bridgehead atoms. The van der Waals surface area contributed by atoms with Gasteiger partial charge < -0.3 is 5.73 Å². The molecule has 0 aromatic rings. The van der Waals surface area contributed by atoms with Gasteiger partial charge in [0.2, 0.25) is 0 Å². The highest BCUT2D eigenvalue weighted by Crippen LogP contribution is 2.75. The molecule has 0 aliphatic heterocycles. The van der Waals surface area contributed by atoms with Gasteiger partial charge in [0.1, 0.15) is 0 Å². The summed E-state index contributed by atoms with van der Waals surface area (Å²) in [5.74, 6) is 1.18. The van der Waals surface area contributed by atoms with E-state index in [0.29, 0.717) is 11.7 Å². The van der Waals surface area contributed by atoms with Gasteiger partial charge in [-0.15, -0.1) is 0 Å². The molecule has 0 aromatic carbocycles. The first-order chi connectivity index (χ1) is 17.0. The van der Waals surface area contributed by atoms with Crippen molar-refractivity contribution in [1.29, 1.82) is 0 Å². The van der Waals surface area contributed by atoms with Gasteiger partial charge in [0.15, 0.2) is 5.78 Å². The Morgan fingerprint density at radius 1 is 0.973 bits per heavy atom.